The minimum absolute atomic E-state index is 0.150. The molecule has 0 unspecified atom stereocenters. The van der Waals surface area contributed by atoms with Crippen molar-refractivity contribution in [3.8, 4) is 16.9 Å². The van der Waals surface area contributed by atoms with Gasteiger partial charge in [0.1, 0.15) is 23.2 Å². The van der Waals surface area contributed by atoms with Gasteiger partial charge in [-0.2, -0.15) is 0 Å². The fraction of sp³-hybridized carbons (Fsp3) is 0.350. The summed E-state index contributed by atoms with van der Waals surface area (Å²) in [6.45, 7) is 4.52. The molecule has 2 aromatic heterocycles. The van der Waals surface area contributed by atoms with Gasteiger partial charge < -0.3 is 14.2 Å². The molecule has 0 saturated carbocycles. The Morgan fingerprint density at radius 3 is 2.68 bits per heavy atom. The second kappa shape index (κ2) is 8.99. The Morgan fingerprint density at radius 2 is 2.00 bits per heavy atom. The van der Waals surface area contributed by atoms with E-state index in [-0.39, 0.29) is 12.2 Å². The molecule has 1 atom stereocenters. The normalized spacial score (nSPS) is 12.1. The van der Waals surface area contributed by atoms with Crippen LogP contribution in [-0.2, 0) is 14.3 Å². The smallest absolute Gasteiger partial charge is 0.329 e. The van der Waals surface area contributed by atoms with Crippen molar-refractivity contribution in [3.63, 3.8) is 0 Å². The van der Waals surface area contributed by atoms with Crippen LogP contribution in [0.5, 0.6) is 5.75 Å². The maximum absolute atomic E-state index is 13.1. The molecule has 2 heterocycles. The quantitative estimate of drug-likeness (QED) is 0.425. The Bertz CT molecular complexity index is 1010. The van der Waals surface area contributed by atoms with Gasteiger partial charge in [-0.05, 0) is 31.5 Å². The van der Waals surface area contributed by atoms with Crippen LogP contribution in [0.2, 0.25) is 0 Å². The van der Waals surface area contributed by atoms with E-state index < -0.39 is 12.0 Å². The largest absolute Gasteiger partial charge is 0.497 e. The van der Waals surface area contributed by atoms with Gasteiger partial charge in [0, 0.05) is 17.6 Å². The number of thiophene rings is 1. The van der Waals surface area contributed by atoms with E-state index in [1.807, 2.05) is 36.6 Å². The molecule has 8 heteroatoms. The summed E-state index contributed by atoms with van der Waals surface area (Å²) in [5.41, 5.74) is 1.40. The van der Waals surface area contributed by atoms with Crippen molar-refractivity contribution >= 4 is 27.5 Å². The minimum atomic E-state index is -0.783. The number of carbonyl (C=O) groups excluding carboxylic acids is 1. The summed E-state index contributed by atoms with van der Waals surface area (Å²) in [7, 11) is 1.60. The summed E-state index contributed by atoms with van der Waals surface area (Å²) in [4.78, 5) is 30.4. The second-order valence-electron chi connectivity index (χ2n) is 6.06. The number of benzene rings is 1. The molecule has 0 amide bonds. The predicted octanol–water partition coefficient (Wildman–Crippen LogP) is 3.27. The fourth-order valence-corrected chi connectivity index (χ4v) is 3.69. The van der Waals surface area contributed by atoms with Crippen molar-refractivity contribution in [2.45, 2.75) is 19.9 Å². The van der Waals surface area contributed by atoms with E-state index in [0.29, 0.717) is 23.4 Å². The second-order valence-corrected chi connectivity index (χ2v) is 6.91. The fourth-order valence-electron chi connectivity index (χ4n) is 2.78. The van der Waals surface area contributed by atoms with Crippen LogP contribution in [0.4, 0.5) is 0 Å². The third-order valence-corrected chi connectivity index (χ3v) is 5.24. The van der Waals surface area contributed by atoms with Crippen LogP contribution in [0.1, 0.15) is 19.9 Å². The van der Waals surface area contributed by atoms with E-state index in [0.717, 1.165) is 16.9 Å². The molecule has 0 aliphatic carbocycles. The highest BCUT2D eigenvalue weighted by molar-refractivity contribution is 7.17. The highest BCUT2D eigenvalue weighted by Crippen LogP contribution is 2.31. The number of hydrogen-bond donors (Lipinski definition) is 0. The first kappa shape index (κ1) is 20.0. The van der Waals surface area contributed by atoms with Crippen molar-refractivity contribution in [2.75, 3.05) is 26.9 Å². The summed E-state index contributed by atoms with van der Waals surface area (Å²) >= 11 is 1.39. The number of nitrogens with zero attached hydrogens (tertiary/aromatic N) is 2. The lowest BCUT2D eigenvalue weighted by Gasteiger charge is -2.14. The average Bonchev–Trinajstić information content (AvgIpc) is 3.16. The number of fused-ring (bicyclic) bond motifs is 1. The molecule has 0 spiro atoms. The SMILES string of the molecule is CCOCCOC(=O)[C@@H](C)n1cnc2scc(-c3ccc(OC)cc3)c2c1=O. The van der Waals surface area contributed by atoms with Gasteiger partial charge in [-0.15, -0.1) is 11.3 Å². The van der Waals surface area contributed by atoms with Crippen molar-refractivity contribution in [1.82, 2.24) is 9.55 Å². The van der Waals surface area contributed by atoms with Crippen LogP contribution >= 0.6 is 11.3 Å². The molecule has 28 heavy (non-hydrogen) atoms. The molecule has 0 aliphatic heterocycles. The van der Waals surface area contributed by atoms with E-state index in [1.165, 1.54) is 22.2 Å². The Hall–Kier alpha value is -2.71. The number of rotatable bonds is 8. The van der Waals surface area contributed by atoms with Crippen LogP contribution in [-0.4, -0.2) is 42.5 Å². The first-order valence-corrected chi connectivity index (χ1v) is 9.82. The third-order valence-electron chi connectivity index (χ3n) is 4.35. The molecule has 7 nitrogen and oxygen atoms in total. The van der Waals surface area contributed by atoms with Gasteiger partial charge in [0.15, 0.2) is 0 Å². The third kappa shape index (κ3) is 4.07. The Balaban J connectivity index is 1.92. The molecule has 1 aromatic carbocycles. The van der Waals surface area contributed by atoms with Gasteiger partial charge in [-0.3, -0.25) is 9.36 Å². The summed E-state index contributed by atoms with van der Waals surface area (Å²) < 4.78 is 16.8. The number of hydrogen-bond acceptors (Lipinski definition) is 7. The summed E-state index contributed by atoms with van der Waals surface area (Å²) in [5, 5.41) is 2.39. The number of carbonyl (C=O) groups is 1. The predicted molar refractivity (Wildman–Crippen MR) is 108 cm³/mol. The molecule has 0 bridgehead atoms. The van der Waals surface area contributed by atoms with E-state index in [4.69, 9.17) is 14.2 Å². The van der Waals surface area contributed by atoms with Gasteiger partial charge in [-0.25, -0.2) is 9.78 Å². The summed E-state index contributed by atoms with van der Waals surface area (Å²) in [6, 6.07) is 6.68. The number of esters is 1. The zero-order valence-corrected chi connectivity index (χ0v) is 16.8. The Kier molecular flexibility index (Phi) is 6.43. The zero-order chi connectivity index (χ0) is 20.1. The highest BCUT2D eigenvalue weighted by atomic mass is 32.1. The lowest BCUT2D eigenvalue weighted by Crippen LogP contribution is -2.30. The maximum atomic E-state index is 13.1. The monoisotopic (exact) mass is 402 g/mol. The van der Waals surface area contributed by atoms with Gasteiger partial charge in [0.25, 0.3) is 5.56 Å². The molecule has 148 valence electrons. The first-order valence-electron chi connectivity index (χ1n) is 8.94. The maximum Gasteiger partial charge on any atom is 0.329 e. The molecule has 0 aliphatic rings. The molecule has 0 radical (unpaired) electrons. The van der Waals surface area contributed by atoms with E-state index in [9.17, 15) is 9.59 Å². The zero-order valence-electron chi connectivity index (χ0n) is 16.0. The van der Waals surface area contributed by atoms with Crippen molar-refractivity contribution in [1.29, 1.82) is 0 Å². The van der Waals surface area contributed by atoms with Crippen molar-refractivity contribution in [3.05, 3.63) is 46.3 Å². The lowest BCUT2D eigenvalue weighted by molar-refractivity contribution is -0.148. The van der Waals surface area contributed by atoms with Crippen LogP contribution in [0, 0.1) is 0 Å². The lowest BCUT2D eigenvalue weighted by atomic mass is 10.1. The summed E-state index contributed by atoms with van der Waals surface area (Å²) in [6.07, 6.45) is 1.40. The molecule has 0 saturated heterocycles. The van der Waals surface area contributed by atoms with Crippen LogP contribution < -0.4 is 10.3 Å². The van der Waals surface area contributed by atoms with Crippen LogP contribution in [0.25, 0.3) is 21.3 Å². The van der Waals surface area contributed by atoms with Gasteiger partial charge in [0.05, 0.1) is 25.4 Å². The van der Waals surface area contributed by atoms with Crippen molar-refractivity contribution in [2.24, 2.45) is 0 Å². The van der Waals surface area contributed by atoms with Crippen molar-refractivity contribution < 1.29 is 19.0 Å². The molecule has 0 N–H and O–H groups in total. The first-order chi connectivity index (χ1) is 13.6. The number of methoxy groups -OCH3 is 1. The average molecular weight is 402 g/mol. The number of ether oxygens (including phenoxy) is 3. The number of aromatic nitrogens is 2. The van der Waals surface area contributed by atoms with Gasteiger partial charge >= 0.3 is 5.97 Å². The molecular weight excluding hydrogens is 380 g/mol. The van der Waals surface area contributed by atoms with E-state index in [1.54, 1.807) is 14.0 Å². The van der Waals surface area contributed by atoms with Crippen LogP contribution in [0.3, 0.4) is 0 Å². The van der Waals surface area contributed by atoms with Gasteiger partial charge in [0.2, 0.25) is 0 Å². The molecular formula is C20H22N2O5S. The molecule has 3 rings (SSSR count). The Morgan fingerprint density at radius 1 is 1.25 bits per heavy atom. The highest BCUT2D eigenvalue weighted by Gasteiger charge is 2.21. The Labute approximate surface area is 166 Å². The standard InChI is InChI=1S/C20H22N2O5S/c1-4-26-9-10-27-20(24)13(2)22-12-21-18-17(19(22)23)16(11-28-18)14-5-7-15(25-3)8-6-14/h5-8,11-13H,4,9-10H2,1-3H3/t13-/m1/s1. The molecule has 0 fully saturated rings. The topological polar surface area (TPSA) is 79.7 Å². The molecule has 3 aromatic rings. The van der Waals surface area contributed by atoms with Gasteiger partial charge in [-0.1, -0.05) is 12.1 Å². The summed E-state index contributed by atoms with van der Waals surface area (Å²) in [5.74, 6) is 0.242. The minimum Gasteiger partial charge on any atom is -0.497 e. The van der Waals surface area contributed by atoms with E-state index >= 15 is 0 Å². The van der Waals surface area contributed by atoms with Crippen LogP contribution in [0.15, 0.2) is 40.8 Å². The van der Waals surface area contributed by atoms with E-state index in [2.05, 4.69) is 4.98 Å².